The molecular weight excluding hydrogens is 226 g/mol. The van der Waals surface area contributed by atoms with Gasteiger partial charge >= 0.3 is 0 Å². The SMILES string of the molecule is Cn1ncnc1CN1CCCc2ccc(N)cc21. The summed E-state index contributed by atoms with van der Waals surface area (Å²) in [5.74, 6) is 0.977. The van der Waals surface area contributed by atoms with Crippen molar-refractivity contribution in [1.29, 1.82) is 0 Å². The summed E-state index contributed by atoms with van der Waals surface area (Å²) in [6, 6.07) is 6.17. The molecule has 1 aromatic carbocycles. The molecule has 1 aromatic heterocycles. The molecule has 94 valence electrons. The minimum Gasteiger partial charge on any atom is -0.399 e. The summed E-state index contributed by atoms with van der Waals surface area (Å²) >= 11 is 0. The third-order valence-electron chi connectivity index (χ3n) is 3.46. The minimum atomic E-state index is 0.785. The van der Waals surface area contributed by atoms with E-state index in [4.69, 9.17) is 5.73 Å². The second-order valence-corrected chi connectivity index (χ2v) is 4.71. The van der Waals surface area contributed by atoms with Gasteiger partial charge in [-0.1, -0.05) is 6.07 Å². The number of anilines is 2. The van der Waals surface area contributed by atoms with Gasteiger partial charge in [0.15, 0.2) is 0 Å². The van der Waals surface area contributed by atoms with Crippen molar-refractivity contribution < 1.29 is 0 Å². The van der Waals surface area contributed by atoms with Crippen molar-refractivity contribution in [1.82, 2.24) is 14.8 Å². The molecule has 0 spiro atoms. The van der Waals surface area contributed by atoms with E-state index in [0.29, 0.717) is 0 Å². The molecule has 0 saturated heterocycles. The number of nitrogen functional groups attached to an aromatic ring is 1. The van der Waals surface area contributed by atoms with Gasteiger partial charge in [-0.3, -0.25) is 4.68 Å². The number of rotatable bonds is 2. The topological polar surface area (TPSA) is 60.0 Å². The highest BCUT2D eigenvalue weighted by Gasteiger charge is 2.18. The van der Waals surface area contributed by atoms with Crippen molar-refractivity contribution in [3.63, 3.8) is 0 Å². The molecule has 2 aromatic rings. The Hall–Kier alpha value is -2.04. The van der Waals surface area contributed by atoms with Gasteiger partial charge < -0.3 is 10.6 Å². The Balaban J connectivity index is 1.91. The highest BCUT2D eigenvalue weighted by molar-refractivity contribution is 5.62. The third-order valence-corrected chi connectivity index (χ3v) is 3.46. The zero-order chi connectivity index (χ0) is 12.5. The van der Waals surface area contributed by atoms with Crippen molar-refractivity contribution >= 4 is 11.4 Å². The predicted molar refractivity (Wildman–Crippen MR) is 71.2 cm³/mol. The van der Waals surface area contributed by atoms with Crippen LogP contribution in [0.1, 0.15) is 17.8 Å². The van der Waals surface area contributed by atoms with Crippen LogP contribution in [0, 0.1) is 0 Å². The number of hydrogen-bond acceptors (Lipinski definition) is 4. The van der Waals surface area contributed by atoms with E-state index in [9.17, 15) is 0 Å². The number of aryl methyl sites for hydroxylation is 2. The Bertz CT molecular complexity index is 560. The van der Waals surface area contributed by atoms with E-state index in [2.05, 4.69) is 27.1 Å². The second kappa shape index (κ2) is 4.33. The molecule has 1 aliphatic heterocycles. The van der Waals surface area contributed by atoms with E-state index in [1.165, 1.54) is 17.7 Å². The average molecular weight is 243 g/mol. The van der Waals surface area contributed by atoms with Crippen molar-refractivity contribution in [2.24, 2.45) is 7.05 Å². The fourth-order valence-electron chi connectivity index (χ4n) is 2.47. The molecule has 0 atom stereocenters. The van der Waals surface area contributed by atoms with Gasteiger partial charge in [0, 0.05) is 25.0 Å². The molecule has 18 heavy (non-hydrogen) atoms. The molecule has 2 N–H and O–H groups in total. The molecule has 0 fully saturated rings. The van der Waals surface area contributed by atoms with E-state index in [-0.39, 0.29) is 0 Å². The molecule has 2 heterocycles. The summed E-state index contributed by atoms with van der Waals surface area (Å²) in [5, 5.41) is 4.11. The minimum absolute atomic E-state index is 0.785. The fraction of sp³-hybridized carbons (Fsp3) is 0.385. The van der Waals surface area contributed by atoms with Crippen LogP contribution >= 0.6 is 0 Å². The second-order valence-electron chi connectivity index (χ2n) is 4.71. The van der Waals surface area contributed by atoms with Gasteiger partial charge in [0.05, 0.1) is 6.54 Å². The standard InChI is InChI=1S/C13H17N5/c1-17-13(15-9-16-17)8-18-6-2-3-10-4-5-11(14)7-12(10)18/h4-5,7,9H,2-3,6,8,14H2,1H3. The maximum absolute atomic E-state index is 5.89. The smallest absolute Gasteiger partial charge is 0.146 e. The number of aromatic nitrogens is 3. The summed E-state index contributed by atoms with van der Waals surface area (Å²) in [6.45, 7) is 1.83. The van der Waals surface area contributed by atoms with E-state index in [1.54, 1.807) is 6.33 Å². The Morgan fingerprint density at radius 1 is 1.39 bits per heavy atom. The number of nitrogens with zero attached hydrogens (tertiary/aromatic N) is 4. The number of benzene rings is 1. The van der Waals surface area contributed by atoms with E-state index in [0.717, 1.165) is 31.0 Å². The lowest BCUT2D eigenvalue weighted by Crippen LogP contribution is -2.30. The van der Waals surface area contributed by atoms with Crippen molar-refractivity contribution in [3.05, 3.63) is 35.9 Å². The van der Waals surface area contributed by atoms with E-state index < -0.39 is 0 Å². The van der Waals surface area contributed by atoms with Crippen LogP contribution in [-0.4, -0.2) is 21.3 Å². The van der Waals surface area contributed by atoms with Gasteiger partial charge in [-0.05, 0) is 30.5 Å². The lowest BCUT2D eigenvalue weighted by molar-refractivity contribution is 0.635. The Morgan fingerprint density at radius 3 is 3.06 bits per heavy atom. The van der Waals surface area contributed by atoms with Gasteiger partial charge in [-0.2, -0.15) is 5.10 Å². The molecule has 1 aliphatic rings. The number of fused-ring (bicyclic) bond motifs is 1. The van der Waals surface area contributed by atoms with Crippen LogP contribution in [0.25, 0.3) is 0 Å². The maximum atomic E-state index is 5.89. The molecule has 0 unspecified atom stereocenters. The highest BCUT2D eigenvalue weighted by Crippen LogP contribution is 2.29. The number of nitrogens with two attached hydrogens (primary N) is 1. The van der Waals surface area contributed by atoms with E-state index in [1.807, 2.05) is 17.8 Å². The van der Waals surface area contributed by atoms with Gasteiger partial charge in [0.2, 0.25) is 0 Å². The molecular formula is C13H17N5. The lowest BCUT2D eigenvalue weighted by Gasteiger charge is -2.31. The van der Waals surface area contributed by atoms with Crippen LogP contribution in [0.4, 0.5) is 11.4 Å². The molecule has 3 rings (SSSR count). The summed E-state index contributed by atoms with van der Waals surface area (Å²) in [7, 11) is 1.92. The first-order valence-corrected chi connectivity index (χ1v) is 6.20. The van der Waals surface area contributed by atoms with E-state index >= 15 is 0 Å². The monoisotopic (exact) mass is 243 g/mol. The summed E-state index contributed by atoms with van der Waals surface area (Å²) in [4.78, 5) is 6.62. The zero-order valence-corrected chi connectivity index (χ0v) is 10.5. The summed E-state index contributed by atoms with van der Waals surface area (Å²) in [5.41, 5.74) is 9.32. The lowest BCUT2D eigenvalue weighted by atomic mass is 10.0. The largest absolute Gasteiger partial charge is 0.399 e. The predicted octanol–water partition coefficient (Wildman–Crippen LogP) is 1.35. The molecule has 0 saturated carbocycles. The van der Waals surface area contributed by atoms with Gasteiger partial charge in [0.1, 0.15) is 12.2 Å². The van der Waals surface area contributed by atoms with Crippen LogP contribution in [0.3, 0.4) is 0 Å². The highest BCUT2D eigenvalue weighted by atomic mass is 15.3. The third kappa shape index (κ3) is 1.92. The Labute approximate surface area is 106 Å². The van der Waals surface area contributed by atoms with Crippen LogP contribution < -0.4 is 10.6 Å². The number of hydrogen-bond donors (Lipinski definition) is 1. The maximum Gasteiger partial charge on any atom is 0.146 e. The van der Waals surface area contributed by atoms with Crippen molar-refractivity contribution in [2.45, 2.75) is 19.4 Å². The van der Waals surface area contributed by atoms with Crippen LogP contribution in [-0.2, 0) is 20.0 Å². The molecule has 5 heteroatoms. The average Bonchev–Trinajstić information content (AvgIpc) is 2.76. The fourth-order valence-corrected chi connectivity index (χ4v) is 2.47. The normalized spacial score (nSPS) is 14.6. The summed E-state index contributed by atoms with van der Waals surface area (Å²) < 4.78 is 1.82. The molecule has 0 amide bonds. The van der Waals surface area contributed by atoms with Crippen molar-refractivity contribution in [3.8, 4) is 0 Å². The van der Waals surface area contributed by atoms with Crippen LogP contribution in [0.2, 0.25) is 0 Å². The van der Waals surface area contributed by atoms with Gasteiger partial charge in [-0.25, -0.2) is 4.98 Å². The van der Waals surface area contributed by atoms with Crippen molar-refractivity contribution in [2.75, 3.05) is 17.2 Å². The molecule has 0 radical (unpaired) electrons. The van der Waals surface area contributed by atoms with Crippen LogP contribution in [0.15, 0.2) is 24.5 Å². The summed E-state index contributed by atoms with van der Waals surface area (Å²) in [6.07, 6.45) is 3.90. The first-order chi connectivity index (χ1) is 8.74. The Kier molecular flexibility index (Phi) is 2.66. The van der Waals surface area contributed by atoms with Gasteiger partial charge in [-0.15, -0.1) is 0 Å². The first kappa shape index (κ1) is 11.1. The quantitative estimate of drug-likeness (QED) is 0.809. The molecule has 0 aliphatic carbocycles. The zero-order valence-electron chi connectivity index (χ0n) is 10.5. The van der Waals surface area contributed by atoms with Crippen LogP contribution in [0.5, 0.6) is 0 Å². The molecule has 0 bridgehead atoms. The van der Waals surface area contributed by atoms with Gasteiger partial charge in [0.25, 0.3) is 0 Å². The molecule has 5 nitrogen and oxygen atoms in total. The Morgan fingerprint density at radius 2 is 2.28 bits per heavy atom. The first-order valence-electron chi connectivity index (χ1n) is 6.20.